The molecule has 0 saturated carbocycles. The van der Waals surface area contributed by atoms with Gasteiger partial charge in [-0.3, -0.25) is 14.6 Å². The second kappa shape index (κ2) is 8.20. The number of piperidine rings is 1. The van der Waals surface area contributed by atoms with Gasteiger partial charge < -0.3 is 14.5 Å². The van der Waals surface area contributed by atoms with Gasteiger partial charge in [-0.15, -0.1) is 0 Å². The third kappa shape index (κ3) is 4.10. The lowest BCUT2D eigenvalue weighted by Crippen LogP contribution is -2.46. The number of benzene rings is 1. The maximum absolute atomic E-state index is 13.2. The molecule has 1 fully saturated rings. The molecule has 2 atom stereocenters. The largest absolute Gasteiger partial charge is 0.497 e. The van der Waals surface area contributed by atoms with Crippen LogP contribution >= 0.6 is 0 Å². The zero-order valence-electron chi connectivity index (χ0n) is 16.0. The molecule has 0 aliphatic carbocycles. The first-order valence-electron chi connectivity index (χ1n) is 9.04. The molecule has 1 aromatic heterocycles. The van der Waals surface area contributed by atoms with Crippen molar-refractivity contribution in [3.05, 3.63) is 59.9 Å². The SMILES string of the molecule is COc1ccc([C@H]2[C@H](C(=O)N(C)Cc3cccnc3)CCC(=O)N2C)cc1. The highest BCUT2D eigenvalue weighted by molar-refractivity contribution is 5.84. The molecule has 1 aromatic carbocycles. The Morgan fingerprint density at radius 2 is 2.04 bits per heavy atom. The molecule has 1 aliphatic rings. The minimum absolute atomic E-state index is 0.0408. The molecule has 6 nitrogen and oxygen atoms in total. The van der Waals surface area contributed by atoms with Gasteiger partial charge in [-0.2, -0.15) is 0 Å². The Kier molecular flexibility index (Phi) is 5.74. The van der Waals surface area contributed by atoms with Gasteiger partial charge in [-0.05, 0) is 35.7 Å². The lowest BCUT2D eigenvalue weighted by molar-refractivity contribution is -0.146. The molecule has 0 radical (unpaired) electrons. The number of hydrogen-bond donors (Lipinski definition) is 0. The first-order chi connectivity index (χ1) is 13.0. The lowest BCUT2D eigenvalue weighted by Gasteiger charge is -2.40. The van der Waals surface area contributed by atoms with E-state index in [1.807, 2.05) is 36.4 Å². The smallest absolute Gasteiger partial charge is 0.228 e. The molecular weight excluding hydrogens is 342 g/mol. The Hall–Kier alpha value is -2.89. The fourth-order valence-corrected chi connectivity index (χ4v) is 3.68. The summed E-state index contributed by atoms with van der Waals surface area (Å²) in [6, 6.07) is 11.1. The highest BCUT2D eigenvalue weighted by Crippen LogP contribution is 2.37. The third-order valence-corrected chi connectivity index (χ3v) is 5.15. The topological polar surface area (TPSA) is 62.7 Å². The zero-order valence-corrected chi connectivity index (χ0v) is 16.0. The van der Waals surface area contributed by atoms with Crippen molar-refractivity contribution in [1.82, 2.24) is 14.8 Å². The van der Waals surface area contributed by atoms with E-state index >= 15 is 0 Å². The fourth-order valence-electron chi connectivity index (χ4n) is 3.68. The van der Waals surface area contributed by atoms with E-state index in [9.17, 15) is 9.59 Å². The summed E-state index contributed by atoms with van der Waals surface area (Å²) >= 11 is 0. The van der Waals surface area contributed by atoms with Crippen molar-refractivity contribution in [3.63, 3.8) is 0 Å². The summed E-state index contributed by atoms with van der Waals surface area (Å²) in [5, 5.41) is 0. The molecule has 1 aliphatic heterocycles. The number of hydrogen-bond acceptors (Lipinski definition) is 4. The highest BCUT2D eigenvalue weighted by atomic mass is 16.5. The maximum Gasteiger partial charge on any atom is 0.228 e. The number of carbonyl (C=O) groups is 2. The van der Waals surface area contributed by atoms with Crippen molar-refractivity contribution in [1.29, 1.82) is 0 Å². The molecule has 0 N–H and O–H groups in total. The van der Waals surface area contributed by atoms with Crippen LogP contribution in [0.4, 0.5) is 0 Å². The first-order valence-corrected chi connectivity index (χ1v) is 9.04. The Labute approximate surface area is 159 Å². The van der Waals surface area contributed by atoms with Crippen LogP contribution in [0.2, 0.25) is 0 Å². The standard InChI is InChI=1S/C21H25N3O3/c1-23(14-15-5-4-12-22-13-15)21(26)18-10-11-19(25)24(2)20(18)16-6-8-17(27-3)9-7-16/h4-9,12-13,18,20H,10-11,14H2,1-3H3/t18-,20+/m1/s1. The number of carbonyl (C=O) groups excluding carboxylic acids is 2. The van der Waals surface area contributed by atoms with Crippen molar-refractivity contribution in [2.75, 3.05) is 21.2 Å². The quantitative estimate of drug-likeness (QED) is 0.815. The zero-order chi connectivity index (χ0) is 19.4. The summed E-state index contributed by atoms with van der Waals surface area (Å²) in [6.07, 6.45) is 4.42. The first kappa shape index (κ1) is 18.9. The Morgan fingerprint density at radius 1 is 1.30 bits per heavy atom. The maximum atomic E-state index is 13.2. The van der Waals surface area contributed by atoms with E-state index < -0.39 is 0 Å². The molecule has 3 rings (SSSR count). The number of rotatable bonds is 5. The van der Waals surface area contributed by atoms with Gasteiger partial charge in [-0.25, -0.2) is 0 Å². The van der Waals surface area contributed by atoms with E-state index in [0.29, 0.717) is 19.4 Å². The van der Waals surface area contributed by atoms with Crippen molar-refractivity contribution in [2.45, 2.75) is 25.4 Å². The van der Waals surface area contributed by atoms with Gasteiger partial charge in [0, 0.05) is 39.5 Å². The van der Waals surface area contributed by atoms with Crippen molar-refractivity contribution >= 4 is 11.8 Å². The summed E-state index contributed by atoms with van der Waals surface area (Å²) in [7, 11) is 5.19. The van der Waals surface area contributed by atoms with E-state index in [4.69, 9.17) is 4.74 Å². The minimum Gasteiger partial charge on any atom is -0.497 e. The molecule has 2 amide bonds. The molecule has 1 saturated heterocycles. The van der Waals surface area contributed by atoms with Gasteiger partial charge in [-0.1, -0.05) is 18.2 Å². The Morgan fingerprint density at radius 3 is 2.67 bits per heavy atom. The van der Waals surface area contributed by atoms with E-state index in [1.165, 1.54) is 0 Å². The van der Waals surface area contributed by atoms with Crippen molar-refractivity contribution < 1.29 is 14.3 Å². The van der Waals surface area contributed by atoms with Gasteiger partial charge in [0.15, 0.2) is 0 Å². The number of methoxy groups -OCH3 is 1. The molecule has 2 aromatic rings. The number of aromatic nitrogens is 1. The summed E-state index contributed by atoms with van der Waals surface area (Å²) in [5.41, 5.74) is 1.93. The average Bonchev–Trinajstić information content (AvgIpc) is 2.70. The second-order valence-corrected chi connectivity index (χ2v) is 6.92. The van der Waals surface area contributed by atoms with Crippen LogP contribution in [0.25, 0.3) is 0 Å². The Balaban J connectivity index is 1.83. The number of ether oxygens (including phenoxy) is 1. The fraction of sp³-hybridized carbons (Fsp3) is 0.381. The summed E-state index contributed by atoms with van der Waals surface area (Å²) < 4.78 is 5.22. The predicted molar refractivity (Wildman–Crippen MR) is 102 cm³/mol. The van der Waals surface area contributed by atoms with Crippen LogP contribution in [0, 0.1) is 5.92 Å². The molecule has 2 heterocycles. The minimum atomic E-state index is -0.277. The molecule has 0 spiro atoms. The van der Waals surface area contributed by atoms with E-state index in [-0.39, 0.29) is 23.8 Å². The van der Waals surface area contributed by atoms with Gasteiger partial charge in [0.25, 0.3) is 0 Å². The molecule has 27 heavy (non-hydrogen) atoms. The van der Waals surface area contributed by atoms with Crippen molar-refractivity contribution in [2.24, 2.45) is 5.92 Å². The summed E-state index contributed by atoms with van der Waals surface area (Å²) in [5.74, 6) is 0.580. The number of likely N-dealkylation sites (tertiary alicyclic amines) is 1. The molecule has 6 heteroatoms. The third-order valence-electron chi connectivity index (χ3n) is 5.15. The van der Waals surface area contributed by atoms with Crippen LogP contribution < -0.4 is 4.74 Å². The number of nitrogens with zero attached hydrogens (tertiary/aromatic N) is 3. The molecular formula is C21H25N3O3. The van der Waals surface area contributed by atoms with E-state index in [1.54, 1.807) is 43.4 Å². The molecule has 142 valence electrons. The van der Waals surface area contributed by atoms with Gasteiger partial charge in [0.2, 0.25) is 11.8 Å². The van der Waals surface area contributed by atoms with Gasteiger partial charge in [0.1, 0.15) is 5.75 Å². The van der Waals surface area contributed by atoms with Crippen LogP contribution in [0.15, 0.2) is 48.8 Å². The van der Waals surface area contributed by atoms with Crippen LogP contribution in [0.1, 0.15) is 30.0 Å². The summed E-state index contributed by atoms with van der Waals surface area (Å²) in [6.45, 7) is 0.496. The Bertz CT molecular complexity index is 792. The molecule has 0 bridgehead atoms. The van der Waals surface area contributed by atoms with Crippen LogP contribution in [-0.2, 0) is 16.1 Å². The van der Waals surface area contributed by atoms with Crippen molar-refractivity contribution in [3.8, 4) is 5.75 Å². The average molecular weight is 367 g/mol. The van der Waals surface area contributed by atoms with E-state index in [0.717, 1.165) is 16.9 Å². The number of amides is 2. The van der Waals surface area contributed by atoms with E-state index in [2.05, 4.69) is 4.98 Å². The predicted octanol–water partition coefficient (Wildman–Crippen LogP) is 2.66. The highest BCUT2D eigenvalue weighted by Gasteiger charge is 2.39. The lowest BCUT2D eigenvalue weighted by atomic mass is 9.83. The monoisotopic (exact) mass is 367 g/mol. The molecule has 0 unspecified atom stereocenters. The van der Waals surface area contributed by atoms with Crippen LogP contribution in [0.5, 0.6) is 5.75 Å². The van der Waals surface area contributed by atoms with Crippen LogP contribution in [-0.4, -0.2) is 47.8 Å². The second-order valence-electron chi connectivity index (χ2n) is 6.92. The number of pyridine rings is 1. The van der Waals surface area contributed by atoms with Crippen LogP contribution in [0.3, 0.4) is 0 Å². The van der Waals surface area contributed by atoms with Gasteiger partial charge in [0.05, 0.1) is 19.1 Å². The summed E-state index contributed by atoms with van der Waals surface area (Å²) in [4.78, 5) is 33.0. The normalized spacial score (nSPS) is 19.7. The van der Waals surface area contributed by atoms with Gasteiger partial charge >= 0.3 is 0 Å².